The average Bonchev–Trinajstić information content (AvgIpc) is 3.11. The monoisotopic (exact) mass is 331 g/mol. The molecule has 2 aromatic rings. The van der Waals surface area contributed by atoms with Gasteiger partial charge >= 0.3 is 5.91 Å². The highest BCUT2D eigenvalue weighted by Gasteiger charge is 2.10. The molecule has 0 aliphatic carbocycles. The molecular formula is C16H15N2O6-. The number of amides is 1. The van der Waals surface area contributed by atoms with Crippen LogP contribution in [-0.4, -0.2) is 31.3 Å². The summed E-state index contributed by atoms with van der Waals surface area (Å²) in [4.78, 5) is 22.2. The topological polar surface area (TPSA) is 113 Å². The molecule has 0 saturated heterocycles. The fourth-order valence-electron chi connectivity index (χ4n) is 1.81. The summed E-state index contributed by atoms with van der Waals surface area (Å²) in [6.45, 7) is 1.11. The van der Waals surface area contributed by atoms with Crippen LogP contribution < -0.4 is 20.0 Å². The van der Waals surface area contributed by atoms with Gasteiger partial charge in [0.15, 0.2) is 17.3 Å². The Hall–Kier alpha value is -3.29. The van der Waals surface area contributed by atoms with Gasteiger partial charge in [-0.3, -0.25) is 4.79 Å². The molecule has 1 heterocycles. The fourth-order valence-corrected chi connectivity index (χ4v) is 1.81. The van der Waals surface area contributed by atoms with Crippen molar-refractivity contribution in [1.82, 2.24) is 5.43 Å². The minimum absolute atomic E-state index is 0.148. The van der Waals surface area contributed by atoms with Crippen molar-refractivity contribution < 1.29 is 28.6 Å². The number of ether oxygens (including phenoxy) is 2. The predicted octanol–water partition coefficient (Wildman–Crippen LogP) is 0.571. The van der Waals surface area contributed by atoms with Gasteiger partial charge in [0.1, 0.15) is 6.61 Å². The van der Waals surface area contributed by atoms with Gasteiger partial charge in [-0.25, -0.2) is 5.43 Å². The van der Waals surface area contributed by atoms with E-state index in [1.807, 2.05) is 0 Å². The lowest BCUT2D eigenvalue weighted by Gasteiger charge is -2.12. The van der Waals surface area contributed by atoms with Gasteiger partial charge in [0.2, 0.25) is 0 Å². The summed E-state index contributed by atoms with van der Waals surface area (Å²) in [6, 6.07) is 7.94. The Labute approximate surface area is 137 Å². The van der Waals surface area contributed by atoms with E-state index in [0.29, 0.717) is 17.0 Å². The number of nitrogens with zero attached hydrogens (tertiary/aromatic N) is 1. The lowest BCUT2D eigenvalue weighted by Crippen LogP contribution is -2.29. The third kappa shape index (κ3) is 4.35. The number of furan rings is 1. The fraction of sp³-hybridized carbons (Fsp3) is 0.188. The molecule has 8 heteroatoms. The number of hydrazone groups is 1. The zero-order valence-corrected chi connectivity index (χ0v) is 13.1. The van der Waals surface area contributed by atoms with Crippen molar-refractivity contribution in [3.05, 3.63) is 47.9 Å². The van der Waals surface area contributed by atoms with Gasteiger partial charge in [-0.1, -0.05) is 0 Å². The van der Waals surface area contributed by atoms with Crippen molar-refractivity contribution in [2.75, 3.05) is 13.7 Å². The normalized spacial score (nSPS) is 11.0. The molecule has 0 spiro atoms. The van der Waals surface area contributed by atoms with E-state index in [-0.39, 0.29) is 11.5 Å². The Morgan fingerprint density at radius 1 is 1.29 bits per heavy atom. The van der Waals surface area contributed by atoms with Crippen LogP contribution in [-0.2, 0) is 4.79 Å². The molecule has 24 heavy (non-hydrogen) atoms. The van der Waals surface area contributed by atoms with E-state index in [1.165, 1.54) is 19.4 Å². The highest BCUT2D eigenvalue weighted by Crippen LogP contribution is 2.28. The Morgan fingerprint density at radius 2 is 2.08 bits per heavy atom. The lowest BCUT2D eigenvalue weighted by atomic mass is 10.1. The summed E-state index contributed by atoms with van der Waals surface area (Å²) in [5, 5.41) is 14.4. The van der Waals surface area contributed by atoms with Gasteiger partial charge in [-0.05, 0) is 37.3 Å². The van der Waals surface area contributed by atoms with Crippen LogP contribution in [0.4, 0.5) is 0 Å². The quantitative estimate of drug-likeness (QED) is 0.586. The highest BCUT2D eigenvalue weighted by molar-refractivity contribution is 6.00. The molecule has 1 amide bonds. The molecule has 126 valence electrons. The van der Waals surface area contributed by atoms with Crippen LogP contribution in [0.2, 0.25) is 0 Å². The van der Waals surface area contributed by atoms with Crippen molar-refractivity contribution in [2.24, 2.45) is 5.10 Å². The SMILES string of the molecule is COc1cc(/C(C)=N\NC(=O)c2ccco2)ccc1OCC(=O)[O-]. The second-order valence-electron chi connectivity index (χ2n) is 4.64. The third-order valence-corrected chi connectivity index (χ3v) is 3.00. The molecule has 1 aromatic carbocycles. The van der Waals surface area contributed by atoms with Crippen molar-refractivity contribution in [2.45, 2.75) is 6.92 Å². The summed E-state index contributed by atoms with van der Waals surface area (Å²) >= 11 is 0. The molecule has 0 radical (unpaired) electrons. The molecule has 8 nitrogen and oxygen atoms in total. The summed E-state index contributed by atoms with van der Waals surface area (Å²) in [7, 11) is 1.43. The molecule has 0 aliphatic heterocycles. The lowest BCUT2D eigenvalue weighted by molar-refractivity contribution is -0.307. The molecule has 1 N–H and O–H groups in total. The second-order valence-corrected chi connectivity index (χ2v) is 4.64. The van der Waals surface area contributed by atoms with Gasteiger partial charge in [0.05, 0.1) is 25.1 Å². The maximum absolute atomic E-state index is 11.7. The van der Waals surface area contributed by atoms with E-state index in [4.69, 9.17) is 13.9 Å². The van der Waals surface area contributed by atoms with E-state index in [0.717, 1.165) is 0 Å². The van der Waals surface area contributed by atoms with Crippen LogP contribution in [0.1, 0.15) is 23.0 Å². The first-order valence-electron chi connectivity index (χ1n) is 6.90. The first kappa shape index (κ1) is 17.1. The van der Waals surface area contributed by atoms with Gasteiger partial charge in [-0.2, -0.15) is 5.10 Å². The number of methoxy groups -OCH3 is 1. The molecule has 0 unspecified atom stereocenters. The first-order valence-corrected chi connectivity index (χ1v) is 6.90. The summed E-state index contributed by atoms with van der Waals surface area (Å²) in [6.07, 6.45) is 1.39. The Morgan fingerprint density at radius 3 is 2.71 bits per heavy atom. The summed E-state index contributed by atoms with van der Waals surface area (Å²) in [5.41, 5.74) is 3.55. The summed E-state index contributed by atoms with van der Waals surface area (Å²) in [5.74, 6) is -1.06. The number of nitrogens with one attached hydrogen (secondary N) is 1. The van der Waals surface area contributed by atoms with Gasteiger partial charge in [0, 0.05) is 5.56 Å². The molecule has 1 aromatic heterocycles. The molecule has 0 fully saturated rings. The van der Waals surface area contributed by atoms with Crippen molar-refractivity contribution >= 4 is 17.6 Å². The second kappa shape index (κ2) is 7.82. The average molecular weight is 331 g/mol. The number of carbonyl (C=O) groups excluding carboxylic acids is 2. The van der Waals surface area contributed by atoms with Crippen molar-refractivity contribution in [3.8, 4) is 11.5 Å². The van der Waals surface area contributed by atoms with Gasteiger partial charge < -0.3 is 23.8 Å². The largest absolute Gasteiger partial charge is 0.546 e. The van der Waals surface area contributed by atoms with Crippen molar-refractivity contribution in [3.63, 3.8) is 0 Å². The molecule has 0 aliphatic rings. The van der Waals surface area contributed by atoms with E-state index in [1.54, 1.807) is 31.2 Å². The van der Waals surface area contributed by atoms with Crippen LogP contribution in [0, 0.1) is 0 Å². The van der Waals surface area contributed by atoms with Crippen LogP contribution in [0.25, 0.3) is 0 Å². The number of aliphatic carboxylic acids is 1. The van der Waals surface area contributed by atoms with E-state index in [9.17, 15) is 14.7 Å². The number of hydrogen-bond donors (Lipinski definition) is 1. The Balaban J connectivity index is 2.11. The van der Waals surface area contributed by atoms with E-state index < -0.39 is 18.5 Å². The Kier molecular flexibility index (Phi) is 5.56. The number of carbonyl (C=O) groups is 2. The maximum atomic E-state index is 11.7. The Bertz CT molecular complexity index is 752. The molecule has 0 bridgehead atoms. The van der Waals surface area contributed by atoms with Crippen LogP contribution >= 0.6 is 0 Å². The number of rotatable bonds is 7. The van der Waals surface area contributed by atoms with E-state index >= 15 is 0 Å². The van der Waals surface area contributed by atoms with E-state index in [2.05, 4.69) is 10.5 Å². The predicted molar refractivity (Wildman–Crippen MR) is 81.9 cm³/mol. The minimum atomic E-state index is -1.33. The van der Waals surface area contributed by atoms with Gasteiger partial charge in [0.25, 0.3) is 0 Å². The van der Waals surface area contributed by atoms with Crippen LogP contribution in [0.5, 0.6) is 11.5 Å². The molecular weight excluding hydrogens is 316 g/mol. The minimum Gasteiger partial charge on any atom is -0.546 e. The number of benzene rings is 1. The molecule has 0 saturated carbocycles. The first-order chi connectivity index (χ1) is 11.5. The number of carboxylic acids is 1. The molecule has 0 atom stereocenters. The van der Waals surface area contributed by atoms with Crippen LogP contribution in [0.15, 0.2) is 46.1 Å². The summed E-state index contributed by atoms with van der Waals surface area (Å²) < 4.78 is 15.2. The van der Waals surface area contributed by atoms with Gasteiger partial charge in [-0.15, -0.1) is 0 Å². The van der Waals surface area contributed by atoms with Crippen LogP contribution in [0.3, 0.4) is 0 Å². The number of carboxylic acid groups (broad SMARTS) is 1. The maximum Gasteiger partial charge on any atom is 0.307 e. The third-order valence-electron chi connectivity index (χ3n) is 3.00. The molecule has 2 rings (SSSR count). The number of hydrogen-bond acceptors (Lipinski definition) is 7. The standard InChI is InChI=1S/C16H16N2O6/c1-10(17-18-16(21)13-4-3-7-23-13)11-5-6-12(14(8-11)22-2)24-9-15(19)20/h3-8H,9H2,1-2H3,(H,18,21)(H,19,20)/p-1/b17-10-. The van der Waals surface area contributed by atoms with Crippen molar-refractivity contribution in [1.29, 1.82) is 0 Å². The highest BCUT2D eigenvalue weighted by atomic mass is 16.5. The zero-order valence-electron chi connectivity index (χ0n) is 13.1. The zero-order chi connectivity index (χ0) is 17.5. The smallest absolute Gasteiger partial charge is 0.307 e.